The number of carbonyl (C=O) groups excluding carboxylic acids is 5. The van der Waals surface area contributed by atoms with Crippen LogP contribution in [-0.4, -0.2) is 61.8 Å². The standard InChI is InChI=1S/C54H51F5N4O10.ClH/c1-69-44(64)29-40(62-51(65)41(60)21-12-24-61-53(67)71-31-34-15-7-3-8-16-34)26-36-19-11-20-37(25-36)38-22-23-43(70-30-33-13-5-2-6-14-33)39(27-38)28-42(63-54(68)72-32-35-17-9-4-10-18-35)52(66)73-50-48(58)46(56)45(55)47(57)49(50)59;/h2-11,13-20,22-23,25,27,40-42H,12,21,24,26,28-32,60H2,1H3,(H,61,67)(H,62,65)(H,63,68);1H/t40?,41-,42-;/m0./s1. The third-order valence-electron chi connectivity index (χ3n) is 11.1. The molecule has 5 N–H and O–H groups in total. The number of hydrogen-bond donors (Lipinski definition) is 4. The van der Waals surface area contributed by atoms with Gasteiger partial charge in [-0.1, -0.05) is 121 Å². The lowest BCUT2D eigenvalue weighted by molar-refractivity contribution is -0.141. The minimum Gasteiger partial charge on any atom is -0.489 e. The third-order valence-corrected chi connectivity index (χ3v) is 11.1. The molecule has 0 aliphatic rings. The lowest BCUT2D eigenvalue weighted by Gasteiger charge is -2.21. The fraction of sp³-hybridized carbons (Fsp3) is 0.241. The number of nitrogens with two attached hydrogens (primary N) is 1. The Morgan fingerprint density at radius 3 is 1.73 bits per heavy atom. The first-order valence-corrected chi connectivity index (χ1v) is 22.9. The van der Waals surface area contributed by atoms with Crippen LogP contribution in [0, 0.1) is 29.1 Å². The number of esters is 2. The van der Waals surface area contributed by atoms with E-state index in [1.54, 1.807) is 103 Å². The number of alkyl carbamates (subject to hydrolysis) is 2. The zero-order valence-corrected chi connectivity index (χ0v) is 40.6. The molecule has 1 unspecified atom stereocenters. The van der Waals surface area contributed by atoms with Crippen LogP contribution in [0.4, 0.5) is 31.5 Å². The summed E-state index contributed by atoms with van der Waals surface area (Å²) in [6, 6.07) is 34.7. The van der Waals surface area contributed by atoms with Gasteiger partial charge < -0.3 is 45.4 Å². The van der Waals surface area contributed by atoms with Crippen molar-refractivity contribution in [3.63, 3.8) is 0 Å². The number of amides is 3. The SMILES string of the molecule is COC(=O)CC(Cc1cccc(-c2ccc(OCc3ccccc3)c(C[C@H](NC(=O)OCc3ccccc3)C(=O)Oc3c(F)c(F)c(F)c(F)c3F)c2)c1)NC(=O)[C@@H](N)CCCNC(=O)OCc1ccccc1.Cl. The van der Waals surface area contributed by atoms with Crippen LogP contribution in [0.1, 0.15) is 47.1 Å². The number of benzene rings is 6. The summed E-state index contributed by atoms with van der Waals surface area (Å²) >= 11 is 0. The molecule has 0 aliphatic heterocycles. The van der Waals surface area contributed by atoms with Gasteiger partial charge in [-0.3, -0.25) is 9.59 Å². The highest BCUT2D eigenvalue weighted by molar-refractivity contribution is 5.85. The second-order valence-electron chi connectivity index (χ2n) is 16.5. The number of carbonyl (C=O) groups is 5. The third kappa shape index (κ3) is 16.8. The number of hydrogen-bond acceptors (Lipinski definition) is 11. The van der Waals surface area contributed by atoms with Crippen LogP contribution in [0.3, 0.4) is 0 Å². The number of nitrogens with one attached hydrogen (secondary N) is 3. The van der Waals surface area contributed by atoms with Gasteiger partial charge in [0, 0.05) is 19.0 Å². The Morgan fingerprint density at radius 2 is 1.14 bits per heavy atom. The van der Waals surface area contributed by atoms with E-state index in [0.717, 1.165) is 11.1 Å². The fourth-order valence-electron chi connectivity index (χ4n) is 7.31. The van der Waals surface area contributed by atoms with Crippen LogP contribution in [0.2, 0.25) is 0 Å². The topological polar surface area (TPSA) is 194 Å². The Morgan fingerprint density at radius 1 is 0.595 bits per heavy atom. The molecule has 3 atom stereocenters. The van der Waals surface area contributed by atoms with Crippen molar-refractivity contribution in [1.82, 2.24) is 16.0 Å². The predicted octanol–water partition coefficient (Wildman–Crippen LogP) is 9.12. The second-order valence-corrected chi connectivity index (χ2v) is 16.5. The van der Waals surface area contributed by atoms with Gasteiger partial charge in [-0.15, -0.1) is 12.4 Å². The van der Waals surface area contributed by atoms with Gasteiger partial charge in [0.15, 0.2) is 0 Å². The van der Waals surface area contributed by atoms with Crippen LogP contribution in [0.5, 0.6) is 11.5 Å². The van der Waals surface area contributed by atoms with Crippen LogP contribution in [0.25, 0.3) is 11.1 Å². The molecule has 0 aliphatic carbocycles. The van der Waals surface area contributed by atoms with Crippen LogP contribution >= 0.6 is 12.4 Å². The molecule has 6 aromatic rings. The van der Waals surface area contributed by atoms with Gasteiger partial charge in [0.25, 0.3) is 0 Å². The average molecular weight is 1050 g/mol. The highest BCUT2D eigenvalue weighted by atomic mass is 35.5. The molecule has 3 amide bonds. The van der Waals surface area contributed by atoms with Gasteiger partial charge in [0.2, 0.25) is 40.7 Å². The average Bonchev–Trinajstić information content (AvgIpc) is 3.41. The Balaban J connectivity index is 0.0000101. The summed E-state index contributed by atoms with van der Waals surface area (Å²) in [5, 5.41) is 7.75. The summed E-state index contributed by atoms with van der Waals surface area (Å²) in [5.41, 5.74) is 10.3. The van der Waals surface area contributed by atoms with E-state index in [1.165, 1.54) is 7.11 Å². The number of rotatable bonds is 23. The first-order chi connectivity index (χ1) is 35.2. The van der Waals surface area contributed by atoms with E-state index < -0.39 is 89.4 Å². The van der Waals surface area contributed by atoms with E-state index in [-0.39, 0.29) is 69.3 Å². The van der Waals surface area contributed by atoms with Gasteiger partial charge in [-0.25, -0.2) is 27.6 Å². The Labute approximate surface area is 429 Å². The fourth-order valence-corrected chi connectivity index (χ4v) is 7.31. The second kappa shape index (κ2) is 28.3. The number of ether oxygens (including phenoxy) is 5. The molecule has 0 heterocycles. The van der Waals surface area contributed by atoms with E-state index in [9.17, 15) is 45.9 Å². The van der Waals surface area contributed by atoms with Gasteiger partial charge in [0.1, 0.15) is 31.6 Å². The van der Waals surface area contributed by atoms with Crippen molar-refractivity contribution in [1.29, 1.82) is 0 Å². The molecule has 6 rings (SSSR count). The van der Waals surface area contributed by atoms with E-state index >= 15 is 0 Å². The Kier molecular flexibility index (Phi) is 21.7. The van der Waals surface area contributed by atoms with Crippen molar-refractivity contribution in [2.24, 2.45) is 5.73 Å². The molecule has 0 fully saturated rings. The van der Waals surface area contributed by atoms with Gasteiger partial charge in [-0.2, -0.15) is 8.78 Å². The van der Waals surface area contributed by atoms with E-state index in [4.69, 9.17) is 29.4 Å². The largest absolute Gasteiger partial charge is 0.489 e. The van der Waals surface area contributed by atoms with E-state index in [2.05, 4.69) is 16.0 Å². The molecular formula is C54H52ClF5N4O10. The molecule has 0 radical (unpaired) electrons. The summed E-state index contributed by atoms with van der Waals surface area (Å²) in [5.74, 6) is -16.5. The smallest absolute Gasteiger partial charge is 0.408 e. The van der Waals surface area contributed by atoms with Crippen molar-refractivity contribution in [2.75, 3.05) is 13.7 Å². The lowest BCUT2D eigenvalue weighted by Crippen LogP contribution is -2.47. The molecule has 0 bridgehead atoms. The van der Waals surface area contributed by atoms with Crippen molar-refractivity contribution in [3.05, 3.63) is 190 Å². The first-order valence-electron chi connectivity index (χ1n) is 22.9. The molecule has 20 heteroatoms. The van der Waals surface area contributed by atoms with Crippen LogP contribution in [-0.2, 0) is 61.3 Å². The van der Waals surface area contributed by atoms with Crippen molar-refractivity contribution in [3.8, 4) is 22.6 Å². The molecule has 0 spiro atoms. The summed E-state index contributed by atoms with van der Waals surface area (Å²) in [6.45, 7) is 0.0309. The maximum Gasteiger partial charge on any atom is 0.408 e. The number of methoxy groups -OCH3 is 1. The normalized spacial score (nSPS) is 11.9. The zero-order valence-electron chi connectivity index (χ0n) is 39.8. The minimum atomic E-state index is -2.47. The highest BCUT2D eigenvalue weighted by Gasteiger charge is 2.33. The summed E-state index contributed by atoms with van der Waals surface area (Å²) in [7, 11) is 1.21. The molecule has 0 saturated carbocycles. The van der Waals surface area contributed by atoms with Crippen molar-refractivity contribution in [2.45, 2.75) is 70.1 Å². The lowest BCUT2D eigenvalue weighted by atomic mass is 9.95. The molecule has 6 aromatic carbocycles. The summed E-state index contributed by atoms with van der Waals surface area (Å²) in [6.07, 6.45) is -1.90. The molecule has 74 heavy (non-hydrogen) atoms. The minimum absolute atomic E-state index is 0. The molecule has 14 nitrogen and oxygen atoms in total. The van der Waals surface area contributed by atoms with E-state index in [1.807, 2.05) is 30.3 Å². The van der Waals surface area contributed by atoms with E-state index in [0.29, 0.717) is 28.7 Å². The maximum absolute atomic E-state index is 14.8. The van der Waals surface area contributed by atoms with Gasteiger partial charge >= 0.3 is 24.1 Å². The molecule has 390 valence electrons. The Hall–Kier alpha value is -8.03. The maximum atomic E-state index is 14.8. The summed E-state index contributed by atoms with van der Waals surface area (Å²) in [4.78, 5) is 65.1. The first kappa shape index (κ1) is 56.9. The highest BCUT2D eigenvalue weighted by Crippen LogP contribution is 2.32. The quantitative estimate of drug-likeness (QED) is 0.00910. The predicted molar refractivity (Wildman–Crippen MR) is 263 cm³/mol. The molecule has 0 aromatic heterocycles. The van der Waals surface area contributed by atoms with Crippen molar-refractivity contribution < 1.29 is 69.6 Å². The zero-order chi connectivity index (χ0) is 52.3. The number of halogens is 6. The van der Waals surface area contributed by atoms with Crippen LogP contribution < -0.4 is 31.2 Å². The summed E-state index contributed by atoms with van der Waals surface area (Å²) < 4.78 is 98.4. The molecular weight excluding hydrogens is 995 g/mol. The monoisotopic (exact) mass is 1050 g/mol. The molecule has 0 saturated heterocycles. The van der Waals surface area contributed by atoms with Crippen LogP contribution in [0.15, 0.2) is 133 Å². The van der Waals surface area contributed by atoms with Gasteiger partial charge in [0.05, 0.1) is 19.6 Å². The van der Waals surface area contributed by atoms with Gasteiger partial charge in [-0.05, 0) is 70.3 Å². The van der Waals surface area contributed by atoms with Crippen molar-refractivity contribution >= 4 is 42.4 Å². The Bertz CT molecular complexity index is 2830.